The van der Waals surface area contributed by atoms with Crippen LogP contribution in [-0.2, 0) is 14.9 Å². The minimum absolute atomic E-state index is 0.150. The Morgan fingerprint density at radius 1 is 1.26 bits per heavy atom. The van der Waals surface area contributed by atoms with E-state index in [1.54, 1.807) is 19.1 Å². The van der Waals surface area contributed by atoms with Crippen LogP contribution >= 0.6 is 23.2 Å². The highest BCUT2D eigenvalue weighted by Crippen LogP contribution is 2.33. The predicted octanol–water partition coefficient (Wildman–Crippen LogP) is 3.21. The van der Waals surface area contributed by atoms with Crippen LogP contribution in [0.4, 0.5) is 17.1 Å². The molecule has 0 aliphatic rings. The Kier molecular flexibility index (Phi) is 6.88. The van der Waals surface area contributed by atoms with Gasteiger partial charge < -0.3 is 5.32 Å². The van der Waals surface area contributed by atoms with E-state index in [1.165, 1.54) is 25.4 Å². The monoisotopic (exact) mass is 432 g/mol. The maximum absolute atomic E-state index is 12.3. The molecule has 0 aliphatic heterocycles. The Morgan fingerprint density at radius 2 is 1.96 bits per heavy atom. The lowest BCUT2D eigenvalue weighted by molar-refractivity contribution is 0.0365. The van der Waals surface area contributed by atoms with E-state index in [2.05, 4.69) is 15.8 Å². The molecule has 0 bridgehead atoms. The number of amides is 1. The Balaban J connectivity index is 2.48. The number of carbonyl (C=O) groups excluding carboxylic acids is 1. The summed E-state index contributed by atoms with van der Waals surface area (Å²) in [6, 6.07) is 6.12. The summed E-state index contributed by atoms with van der Waals surface area (Å²) in [5, 5.41) is 3.52. The van der Waals surface area contributed by atoms with Crippen LogP contribution in [-0.4, -0.2) is 39.2 Å². The van der Waals surface area contributed by atoms with Gasteiger partial charge in [0.05, 0.1) is 35.5 Å². The highest BCUT2D eigenvalue weighted by Gasteiger charge is 2.19. The lowest BCUT2D eigenvalue weighted by Crippen LogP contribution is -2.26. The Morgan fingerprint density at radius 3 is 2.59 bits per heavy atom. The van der Waals surface area contributed by atoms with Crippen molar-refractivity contribution in [1.29, 1.82) is 0 Å². The smallest absolute Gasteiger partial charge is 0.278 e. The predicted molar refractivity (Wildman–Crippen MR) is 106 cm³/mol. The number of sulfonamides is 1. The van der Waals surface area contributed by atoms with E-state index in [0.717, 1.165) is 10.6 Å². The van der Waals surface area contributed by atoms with Crippen molar-refractivity contribution in [2.45, 2.75) is 6.92 Å². The fourth-order valence-electron chi connectivity index (χ4n) is 2.10. The van der Waals surface area contributed by atoms with Crippen molar-refractivity contribution in [3.05, 3.63) is 46.2 Å². The maximum atomic E-state index is 12.3. The van der Waals surface area contributed by atoms with Gasteiger partial charge >= 0.3 is 0 Å². The van der Waals surface area contributed by atoms with Gasteiger partial charge in [-0.1, -0.05) is 23.2 Å². The van der Waals surface area contributed by atoms with Gasteiger partial charge in [-0.05, 0) is 31.2 Å². The lowest BCUT2D eigenvalue weighted by Gasteiger charge is -2.22. The molecule has 0 fully saturated rings. The molecule has 11 heteroatoms. The van der Waals surface area contributed by atoms with E-state index in [4.69, 9.17) is 28.0 Å². The van der Waals surface area contributed by atoms with E-state index in [1.807, 2.05) is 0 Å². The number of anilines is 3. The second kappa shape index (κ2) is 8.75. The molecule has 0 spiro atoms. The number of rotatable bonds is 7. The number of halogens is 2. The van der Waals surface area contributed by atoms with Crippen molar-refractivity contribution in [2.75, 3.05) is 29.5 Å². The van der Waals surface area contributed by atoms with E-state index < -0.39 is 15.9 Å². The number of hydrogen-bond donors (Lipinski definition) is 2. The van der Waals surface area contributed by atoms with E-state index in [0.29, 0.717) is 22.1 Å². The largest absolute Gasteiger partial charge is 0.353 e. The minimum atomic E-state index is -3.54. The third kappa shape index (κ3) is 5.46. The summed E-state index contributed by atoms with van der Waals surface area (Å²) in [6.07, 6.45) is 2.36. The van der Waals surface area contributed by atoms with Crippen molar-refractivity contribution < 1.29 is 18.0 Å². The normalized spacial score (nSPS) is 11.1. The molecular weight excluding hydrogens is 415 g/mol. The molecule has 146 valence electrons. The van der Waals surface area contributed by atoms with Crippen molar-refractivity contribution >= 4 is 56.2 Å². The molecule has 0 saturated heterocycles. The number of benzene rings is 1. The zero-order valence-electron chi connectivity index (χ0n) is 14.8. The molecule has 2 N–H and O–H groups in total. The molecule has 1 aromatic heterocycles. The summed E-state index contributed by atoms with van der Waals surface area (Å²) in [5.74, 6) is -0.532. The average Bonchev–Trinajstić information content (AvgIpc) is 2.60. The molecule has 0 aliphatic carbocycles. The number of aromatic nitrogens is 1. The molecule has 8 nitrogen and oxygen atoms in total. The van der Waals surface area contributed by atoms with Crippen molar-refractivity contribution in [3.63, 3.8) is 0 Å². The number of nitrogens with zero attached hydrogens (tertiary/aromatic N) is 2. The number of hydrogen-bond acceptors (Lipinski definition) is 6. The number of pyridine rings is 1. The lowest BCUT2D eigenvalue weighted by atomic mass is 10.2. The third-order valence-corrected chi connectivity index (χ3v) is 5.12. The second-order valence-electron chi connectivity index (χ2n) is 5.43. The maximum Gasteiger partial charge on any atom is 0.278 e. The minimum Gasteiger partial charge on any atom is -0.353 e. The van der Waals surface area contributed by atoms with Gasteiger partial charge in [0.2, 0.25) is 10.0 Å². The topological polar surface area (TPSA) is 101 Å². The van der Waals surface area contributed by atoms with Crippen LogP contribution in [0.5, 0.6) is 0 Å². The first-order valence-electron chi connectivity index (χ1n) is 7.71. The van der Waals surface area contributed by atoms with Crippen LogP contribution in [0.25, 0.3) is 0 Å². The second-order valence-corrected chi connectivity index (χ2v) is 8.27. The molecule has 2 aromatic rings. The first-order chi connectivity index (χ1) is 12.6. The van der Waals surface area contributed by atoms with Gasteiger partial charge in [-0.2, -0.15) is 0 Å². The summed E-state index contributed by atoms with van der Waals surface area (Å²) in [4.78, 5) is 21.1. The van der Waals surface area contributed by atoms with Crippen LogP contribution in [0.3, 0.4) is 0 Å². The van der Waals surface area contributed by atoms with Crippen molar-refractivity contribution in [3.8, 4) is 0 Å². The molecule has 0 saturated carbocycles. The summed E-state index contributed by atoms with van der Waals surface area (Å²) in [6.45, 7) is 2.01. The molecule has 1 heterocycles. The first-order valence-corrected chi connectivity index (χ1v) is 10.3. The third-order valence-electron chi connectivity index (χ3n) is 3.49. The van der Waals surface area contributed by atoms with Gasteiger partial charge in [0.15, 0.2) is 0 Å². The van der Waals surface area contributed by atoms with Crippen LogP contribution in [0.2, 0.25) is 10.2 Å². The fraction of sp³-hybridized carbons (Fsp3) is 0.250. The number of nitrogens with one attached hydrogen (secondary N) is 2. The summed E-state index contributed by atoms with van der Waals surface area (Å²) in [7, 11) is -2.14. The zero-order valence-corrected chi connectivity index (χ0v) is 17.1. The van der Waals surface area contributed by atoms with Crippen LogP contribution in [0, 0.1) is 0 Å². The molecule has 1 aromatic carbocycles. The molecule has 1 amide bonds. The van der Waals surface area contributed by atoms with Crippen LogP contribution in [0.15, 0.2) is 30.5 Å². The molecule has 27 heavy (non-hydrogen) atoms. The van der Waals surface area contributed by atoms with Gasteiger partial charge in [0, 0.05) is 18.3 Å². The number of hydroxylamine groups is 1. The Bertz CT molecular complexity index is 953. The molecule has 2 rings (SSSR count). The first kappa shape index (κ1) is 21.2. The average molecular weight is 433 g/mol. The quantitative estimate of drug-likeness (QED) is 0.514. The van der Waals surface area contributed by atoms with E-state index in [-0.39, 0.29) is 17.3 Å². The molecule has 0 atom stereocenters. The summed E-state index contributed by atoms with van der Waals surface area (Å²) in [5.41, 5.74) is 3.46. The van der Waals surface area contributed by atoms with Gasteiger partial charge in [-0.15, -0.1) is 0 Å². The highest BCUT2D eigenvalue weighted by atomic mass is 35.5. The molecule has 0 unspecified atom stereocenters. The summed E-state index contributed by atoms with van der Waals surface area (Å²) >= 11 is 12.0. The highest BCUT2D eigenvalue weighted by molar-refractivity contribution is 7.92. The van der Waals surface area contributed by atoms with Gasteiger partial charge in [0.25, 0.3) is 5.91 Å². The van der Waals surface area contributed by atoms with Gasteiger partial charge in [0.1, 0.15) is 5.15 Å². The number of carbonyl (C=O) groups is 1. The van der Waals surface area contributed by atoms with E-state index in [9.17, 15) is 13.2 Å². The van der Waals surface area contributed by atoms with Gasteiger partial charge in [-0.25, -0.2) is 18.9 Å². The SMILES string of the molecule is CCONC(=O)c1cnc(Cl)cc1Nc1ccc(Cl)cc1N(C)S(C)(=O)=O. The van der Waals surface area contributed by atoms with Crippen LogP contribution in [0.1, 0.15) is 17.3 Å². The van der Waals surface area contributed by atoms with Crippen molar-refractivity contribution in [1.82, 2.24) is 10.5 Å². The standard InChI is InChI=1S/C16H18Cl2N4O4S/c1-4-26-21-16(23)11-9-19-15(18)8-13(11)20-12-6-5-10(17)7-14(12)22(2)27(3,24)25/h5-9H,4H2,1-3H3,(H,19,20)(H,21,23). The zero-order chi connectivity index (χ0) is 20.2. The van der Waals surface area contributed by atoms with Crippen molar-refractivity contribution in [2.24, 2.45) is 0 Å². The Hall–Kier alpha value is -2.07. The summed E-state index contributed by atoms with van der Waals surface area (Å²) < 4.78 is 25.0. The fourth-order valence-corrected chi connectivity index (χ4v) is 2.93. The van der Waals surface area contributed by atoms with Crippen LogP contribution < -0.4 is 15.1 Å². The Labute approximate surface area is 167 Å². The van der Waals surface area contributed by atoms with E-state index >= 15 is 0 Å². The molecular formula is C16H18Cl2N4O4S. The van der Waals surface area contributed by atoms with Gasteiger partial charge in [-0.3, -0.25) is 13.9 Å². The molecule has 0 radical (unpaired) electrons.